The van der Waals surface area contributed by atoms with Crippen LogP contribution in [0.2, 0.25) is 10.0 Å². The molecule has 4 rings (SSSR count). The summed E-state index contributed by atoms with van der Waals surface area (Å²) in [6.07, 6.45) is 1.61. The van der Waals surface area contributed by atoms with Crippen molar-refractivity contribution in [1.82, 2.24) is 9.88 Å². The van der Waals surface area contributed by atoms with Crippen molar-refractivity contribution in [1.29, 1.82) is 0 Å². The van der Waals surface area contributed by atoms with Gasteiger partial charge in [0.1, 0.15) is 11.4 Å². The minimum atomic E-state index is -0.465. The Balaban J connectivity index is 1.76. The average molecular weight is 454 g/mol. The van der Waals surface area contributed by atoms with Crippen molar-refractivity contribution in [3.05, 3.63) is 93.9 Å². The van der Waals surface area contributed by atoms with E-state index in [0.717, 1.165) is 4.90 Å². The van der Waals surface area contributed by atoms with Crippen LogP contribution in [0.25, 0.3) is 5.57 Å². The molecule has 31 heavy (non-hydrogen) atoms. The second kappa shape index (κ2) is 8.79. The number of carbonyl (C=O) groups excluding carboxylic acids is 2. The predicted octanol–water partition coefficient (Wildman–Crippen LogP) is 4.79. The zero-order valence-corrected chi connectivity index (χ0v) is 17.9. The Morgan fingerprint density at radius 2 is 1.77 bits per heavy atom. The van der Waals surface area contributed by atoms with E-state index in [1.54, 1.807) is 67.9 Å². The van der Waals surface area contributed by atoms with Crippen LogP contribution in [0.1, 0.15) is 11.3 Å². The Bertz CT molecular complexity index is 1180. The van der Waals surface area contributed by atoms with Crippen molar-refractivity contribution in [2.45, 2.75) is 6.54 Å². The first-order chi connectivity index (χ1) is 15.0. The number of benzene rings is 2. The summed E-state index contributed by atoms with van der Waals surface area (Å²) in [7, 11) is 1.57. The van der Waals surface area contributed by atoms with Crippen molar-refractivity contribution in [3.63, 3.8) is 0 Å². The fourth-order valence-electron chi connectivity index (χ4n) is 3.25. The van der Waals surface area contributed by atoms with Gasteiger partial charge in [0.2, 0.25) is 0 Å². The fraction of sp³-hybridized carbons (Fsp3) is 0.0870. The lowest BCUT2D eigenvalue weighted by Gasteiger charge is -2.15. The minimum Gasteiger partial charge on any atom is -0.497 e. The number of methoxy groups -OCH3 is 1. The van der Waals surface area contributed by atoms with Crippen LogP contribution in [-0.4, -0.2) is 28.8 Å². The summed E-state index contributed by atoms with van der Waals surface area (Å²) in [5.41, 5.74) is 1.95. The quantitative estimate of drug-likeness (QED) is 0.543. The molecule has 8 heteroatoms. The molecule has 0 unspecified atom stereocenters. The topological polar surface area (TPSA) is 71.5 Å². The van der Waals surface area contributed by atoms with Gasteiger partial charge in [-0.15, -0.1) is 0 Å². The van der Waals surface area contributed by atoms with Crippen molar-refractivity contribution in [2.75, 3.05) is 12.4 Å². The molecule has 0 saturated heterocycles. The van der Waals surface area contributed by atoms with E-state index in [0.29, 0.717) is 27.7 Å². The van der Waals surface area contributed by atoms with E-state index in [9.17, 15) is 9.59 Å². The largest absolute Gasteiger partial charge is 0.497 e. The summed E-state index contributed by atoms with van der Waals surface area (Å²) in [6.45, 7) is 0.0427. The Labute approximate surface area is 189 Å². The van der Waals surface area contributed by atoms with Crippen LogP contribution in [-0.2, 0) is 16.1 Å². The zero-order chi connectivity index (χ0) is 22.0. The molecule has 1 N–H and O–H groups in total. The Morgan fingerprint density at radius 1 is 1.00 bits per heavy atom. The van der Waals surface area contributed by atoms with E-state index in [4.69, 9.17) is 27.9 Å². The van der Waals surface area contributed by atoms with E-state index >= 15 is 0 Å². The molecule has 1 aliphatic heterocycles. The number of hydrogen-bond donors (Lipinski definition) is 1. The number of nitrogens with one attached hydrogen (secondary N) is 1. The highest BCUT2D eigenvalue weighted by molar-refractivity contribution is 6.41. The smallest absolute Gasteiger partial charge is 0.278 e. The van der Waals surface area contributed by atoms with Crippen LogP contribution < -0.4 is 10.1 Å². The third kappa shape index (κ3) is 4.26. The van der Waals surface area contributed by atoms with Gasteiger partial charge in [0.05, 0.1) is 29.9 Å². The van der Waals surface area contributed by atoms with Crippen LogP contribution >= 0.6 is 23.2 Å². The minimum absolute atomic E-state index is 0.0427. The number of rotatable bonds is 6. The van der Waals surface area contributed by atoms with Gasteiger partial charge in [-0.25, -0.2) is 0 Å². The summed E-state index contributed by atoms with van der Waals surface area (Å²) in [6, 6.07) is 17.1. The number of pyridine rings is 1. The molecule has 156 valence electrons. The molecule has 2 aromatic carbocycles. The van der Waals surface area contributed by atoms with E-state index in [-0.39, 0.29) is 22.8 Å². The lowest BCUT2D eigenvalue weighted by Crippen LogP contribution is -2.32. The Hall–Kier alpha value is -3.35. The highest BCUT2D eigenvalue weighted by atomic mass is 35.5. The number of amides is 2. The van der Waals surface area contributed by atoms with Gasteiger partial charge in [0.15, 0.2) is 0 Å². The molecule has 0 bridgehead atoms. The number of imide groups is 1. The van der Waals surface area contributed by atoms with Crippen molar-refractivity contribution >= 4 is 46.3 Å². The highest BCUT2D eigenvalue weighted by Gasteiger charge is 2.40. The standard InChI is InChI=1S/C23H17Cl2N3O3/c1-31-17-8-6-15(7-9-17)27-21-20(18-10-5-14(24)12-19(18)25)22(29)28(23(21)30)13-16-4-2-3-11-26-16/h2-12,27H,13H2,1H3. The number of halogens is 2. The normalized spacial score (nSPS) is 13.7. The maximum absolute atomic E-state index is 13.3. The summed E-state index contributed by atoms with van der Waals surface area (Å²) in [5.74, 6) is -0.255. The predicted molar refractivity (Wildman–Crippen MR) is 120 cm³/mol. The molecule has 6 nitrogen and oxygen atoms in total. The molecular weight excluding hydrogens is 437 g/mol. The molecular formula is C23H17Cl2N3O3. The molecule has 0 spiro atoms. The molecule has 0 aliphatic carbocycles. The number of anilines is 1. The van der Waals surface area contributed by atoms with E-state index in [1.165, 1.54) is 6.07 Å². The Morgan fingerprint density at radius 3 is 2.42 bits per heavy atom. The highest BCUT2D eigenvalue weighted by Crippen LogP contribution is 2.36. The van der Waals surface area contributed by atoms with Gasteiger partial charge >= 0.3 is 0 Å². The second-order valence-corrected chi connectivity index (χ2v) is 7.59. The lowest BCUT2D eigenvalue weighted by molar-refractivity contribution is -0.137. The van der Waals surface area contributed by atoms with Crippen LogP contribution in [0.15, 0.2) is 72.6 Å². The molecule has 0 atom stereocenters. The van der Waals surface area contributed by atoms with Crippen molar-refractivity contribution in [2.24, 2.45) is 0 Å². The maximum atomic E-state index is 13.3. The molecule has 0 radical (unpaired) electrons. The van der Waals surface area contributed by atoms with Gasteiger partial charge in [-0.2, -0.15) is 0 Å². The molecule has 2 amide bonds. The van der Waals surface area contributed by atoms with Gasteiger partial charge in [0.25, 0.3) is 11.8 Å². The van der Waals surface area contributed by atoms with Gasteiger partial charge in [-0.1, -0.05) is 35.3 Å². The number of nitrogens with zero attached hydrogens (tertiary/aromatic N) is 2. The van der Waals surface area contributed by atoms with Crippen LogP contribution in [0.5, 0.6) is 5.75 Å². The number of hydrogen-bond acceptors (Lipinski definition) is 5. The third-order valence-electron chi connectivity index (χ3n) is 4.77. The third-order valence-corrected chi connectivity index (χ3v) is 5.32. The summed E-state index contributed by atoms with van der Waals surface area (Å²) >= 11 is 12.4. The first-order valence-corrected chi connectivity index (χ1v) is 10.1. The van der Waals surface area contributed by atoms with Gasteiger partial charge in [-0.05, 0) is 48.5 Å². The Kier molecular flexibility index (Phi) is 5.93. The molecule has 0 saturated carbocycles. The van der Waals surface area contributed by atoms with E-state index in [2.05, 4.69) is 10.3 Å². The first kappa shape index (κ1) is 20.9. The van der Waals surface area contributed by atoms with Gasteiger partial charge in [0, 0.05) is 22.5 Å². The zero-order valence-electron chi connectivity index (χ0n) is 16.4. The fourth-order valence-corrected chi connectivity index (χ4v) is 3.75. The van der Waals surface area contributed by atoms with Crippen LogP contribution in [0.4, 0.5) is 5.69 Å². The second-order valence-electron chi connectivity index (χ2n) is 6.75. The average Bonchev–Trinajstić information content (AvgIpc) is 2.99. The monoisotopic (exact) mass is 453 g/mol. The van der Waals surface area contributed by atoms with Crippen LogP contribution in [0.3, 0.4) is 0 Å². The molecule has 3 aromatic rings. The summed E-state index contributed by atoms with van der Waals surface area (Å²) in [5, 5.41) is 3.79. The molecule has 1 aliphatic rings. The van der Waals surface area contributed by atoms with Gasteiger partial charge < -0.3 is 10.1 Å². The maximum Gasteiger partial charge on any atom is 0.278 e. The van der Waals surface area contributed by atoms with Crippen molar-refractivity contribution < 1.29 is 14.3 Å². The summed E-state index contributed by atoms with van der Waals surface area (Å²) < 4.78 is 5.17. The van der Waals surface area contributed by atoms with E-state index < -0.39 is 11.8 Å². The molecule has 1 aromatic heterocycles. The molecule has 0 fully saturated rings. The number of ether oxygens (including phenoxy) is 1. The first-order valence-electron chi connectivity index (χ1n) is 9.35. The number of aromatic nitrogens is 1. The molecule has 2 heterocycles. The summed E-state index contributed by atoms with van der Waals surface area (Å²) in [4.78, 5) is 32.0. The SMILES string of the molecule is COc1ccc(NC2=C(c3ccc(Cl)cc3Cl)C(=O)N(Cc3ccccn3)C2=O)cc1. The van der Waals surface area contributed by atoms with E-state index in [1.807, 2.05) is 0 Å². The van der Waals surface area contributed by atoms with Crippen molar-refractivity contribution in [3.8, 4) is 5.75 Å². The van der Waals surface area contributed by atoms with Crippen LogP contribution in [0, 0.1) is 0 Å². The van der Waals surface area contributed by atoms with Gasteiger partial charge in [-0.3, -0.25) is 19.5 Å². The number of carbonyl (C=O) groups is 2. The lowest BCUT2D eigenvalue weighted by atomic mass is 10.0.